The van der Waals surface area contributed by atoms with Gasteiger partial charge in [-0.2, -0.15) is 0 Å². The summed E-state index contributed by atoms with van der Waals surface area (Å²) in [6.07, 6.45) is 1.55. The molecule has 0 unspecified atom stereocenters. The van der Waals surface area contributed by atoms with Crippen LogP contribution in [0.2, 0.25) is 0 Å². The van der Waals surface area contributed by atoms with Crippen LogP contribution in [0.5, 0.6) is 5.75 Å². The van der Waals surface area contributed by atoms with Crippen LogP contribution in [0.15, 0.2) is 42.5 Å². The van der Waals surface area contributed by atoms with Crippen molar-refractivity contribution in [3.63, 3.8) is 0 Å². The molecule has 1 fully saturated rings. The molecule has 1 aliphatic heterocycles. The van der Waals surface area contributed by atoms with Crippen molar-refractivity contribution < 1.29 is 24.6 Å². The van der Waals surface area contributed by atoms with E-state index >= 15 is 0 Å². The second kappa shape index (κ2) is 15.1. The number of aryl methyl sites for hydroxylation is 1. The summed E-state index contributed by atoms with van der Waals surface area (Å²) in [7, 11) is 3.08. The number of aliphatic carboxylic acids is 1. The van der Waals surface area contributed by atoms with Crippen LogP contribution in [0.3, 0.4) is 0 Å². The first-order valence-corrected chi connectivity index (χ1v) is 14.2. The van der Waals surface area contributed by atoms with E-state index in [9.17, 15) is 19.5 Å². The molecule has 0 spiro atoms. The number of likely N-dealkylation sites (N-methyl/N-ethyl adjacent to an activating group) is 2. The van der Waals surface area contributed by atoms with E-state index in [-0.39, 0.29) is 30.7 Å². The zero-order valence-corrected chi connectivity index (χ0v) is 25.1. The molecule has 0 bridgehead atoms. The lowest BCUT2D eigenvalue weighted by Crippen LogP contribution is -2.49. The fraction of sp³-hybridized carbons (Fsp3) is 0.452. The van der Waals surface area contributed by atoms with Crippen LogP contribution in [0.25, 0.3) is 22.3 Å². The topological polar surface area (TPSA) is 139 Å². The molecule has 1 aromatic heterocycles. The van der Waals surface area contributed by atoms with E-state index in [0.717, 1.165) is 46.7 Å². The normalized spacial score (nSPS) is 13.1. The Morgan fingerprint density at radius 3 is 2.36 bits per heavy atom. The van der Waals surface area contributed by atoms with Gasteiger partial charge in [-0.05, 0) is 56.1 Å². The van der Waals surface area contributed by atoms with Gasteiger partial charge in [0, 0.05) is 45.0 Å². The van der Waals surface area contributed by atoms with Crippen molar-refractivity contribution in [3.8, 4) is 17.1 Å². The van der Waals surface area contributed by atoms with Crippen molar-refractivity contribution in [3.05, 3.63) is 48.0 Å². The number of piperazine rings is 1. The van der Waals surface area contributed by atoms with Crippen molar-refractivity contribution in [2.24, 2.45) is 5.92 Å². The molecule has 0 aliphatic carbocycles. The van der Waals surface area contributed by atoms with Crippen LogP contribution in [-0.2, 0) is 14.4 Å². The number of phenols is 1. The van der Waals surface area contributed by atoms with Gasteiger partial charge in [0.1, 0.15) is 18.1 Å². The number of aromatic nitrogens is 2. The Labute approximate surface area is 247 Å². The van der Waals surface area contributed by atoms with Gasteiger partial charge in [0.05, 0.1) is 17.6 Å². The molecule has 42 heavy (non-hydrogen) atoms. The van der Waals surface area contributed by atoms with Crippen molar-refractivity contribution in [1.82, 2.24) is 25.1 Å². The van der Waals surface area contributed by atoms with Gasteiger partial charge >= 0.3 is 5.97 Å². The van der Waals surface area contributed by atoms with Gasteiger partial charge in [-0.25, -0.2) is 9.97 Å². The SMILES string of the molecule is CNCC(=O)N(C)CC(=O)O.Cc1ccc2c(N3CCN(C(=O)CCC(C)C)CC3)nc(-c3ccccc3O)nc2c1. The molecule has 0 saturated carbocycles. The first-order valence-electron chi connectivity index (χ1n) is 14.2. The van der Waals surface area contributed by atoms with Gasteiger partial charge in [-0.3, -0.25) is 14.4 Å². The van der Waals surface area contributed by atoms with Gasteiger partial charge in [0.2, 0.25) is 11.8 Å². The summed E-state index contributed by atoms with van der Waals surface area (Å²) in [5.74, 6) is 1.09. The van der Waals surface area contributed by atoms with Crippen molar-refractivity contribution in [2.45, 2.75) is 33.6 Å². The lowest BCUT2D eigenvalue weighted by molar-refractivity contribution is -0.143. The van der Waals surface area contributed by atoms with E-state index in [2.05, 4.69) is 42.3 Å². The monoisotopic (exact) mass is 578 g/mol. The number of hydrogen-bond donors (Lipinski definition) is 3. The second-order valence-corrected chi connectivity index (χ2v) is 10.9. The molecule has 2 amide bonds. The number of benzene rings is 2. The molecule has 3 N–H and O–H groups in total. The van der Waals surface area contributed by atoms with Gasteiger partial charge in [0.15, 0.2) is 5.82 Å². The maximum Gasteiger partial charge on any atom is 0.323 e. The third-order valence-electron chi connectivity index (χ3n) is 6.97. The molecule has 2 heterocycles. The Morgan fingerprint density at radius 1 is 1.05 bits per heavy atom. The second-order valence-electron chi connectivity index (χ2n) is 10.9. The molecule has 1 saturated heterocycles. The lowest BCUT2D eigenvalue weighted by atomic mass is 10.1. The van der Waals surface area contributed by atoms with E-state index in [0.29, 0.717) is 36.8 Å². The number of amides is 2. The number of nitrogens with zero attached hydrogens (tertiary/aromatic N) is 5. The third kappa shape index (κ3) is 8.87. The number of carboxylic acid groups (broad SMARTS) is 1. The molecule has 11 nitrogen and oxygen atoms in total. The number of rotatable bonds is 9. The summed E-state index contributed by atoms with van der Waals surface area (Å²) >= 11 is 0. The number of fused-ring (bicyclic) bond motifs is 1. The highest BCUT2D eigenvalue weighted by Crippen LogP contribution is 2.32. The van der Waals surface area contributed by atoms with Crippen LogP contribution in [0, 0.1) is 12.8 Å². The van der Waals surface area contributed by atoms with Crippen LogP contribution >= 0.6 is 0 Å². The number of phenolic OH excluding ortho intramolecular Hbond substituents is 1. The van der Waals surface area contributed by atoms with Crippen molar-refractivity contribution in [1.29, 1.82) is 0 Å². The summed E-state index contributed by atoms with van der Waals surface area (Å²) < 4.78 is 0. The molecular formula is C31H42N6O5. The van der Waals surface area contributed by atoms with Crippen LogP contribution in [-0.4, -0.2) is 101 Å². The van der Waals surface area contributed by atoms with Crippen LogP contribution in [0.1, 0.15) is 32.3 Å². The number of anilines is 1. The highest BCUT2D eigenvalue weighted by Gasteiger charge is 2.24. The van der Waals surface area contributed by atoms with Crippen LogP contribution < -0.4 is 10.2 Å². The van der Waals surface area contributed by atoms with Crippen molar-refractivity contribution >= 4 is 34.5 Å². The molecule has 0 atom stereocenters. The standard InChI is InChI=1S/C25H30N4O2.C6H12N2O3/c1-17(2)8-11-23(31)28-12-14-29(15-13-28)25-19-10-9-18(3)16-21(19)26-24(27-25)20-6-4-5-7-22(20)30;1-7-3-5(9)8(2)4-6(10)11/h4-7,9-10,16-17,30H,8,11-15H2,1-3H3;7H,3-4H2,1-2H3,(H,10,11). The Morgan fingerprint density at radius 2 is 1.74 bits per heavy atom. The highest BCUT2D eigenvalue weighted by molar-refractivity contribution is 5.92. The Kier molecular flexibility index (Phi) is 11.6. The molecule has 1 aliphatic rings. The van der Waals surface area contributed by atoms with Gasteiger partial charge in [0.25, 0.3) is 0 Å². The Bertz CT molecular complexity index is 1390. The summed E-state index contributed by atoms with van der Waals surface area (Å²) in [5.41, 5.74) is 2.61. The minimum atomic E-state index is -1.00. The highest BCUT2D eigenvalue weighted by atomic mass is 16.4. The number of carbonyl (C=O) groups is 3. The van der Waals surface area contributed by atoms with Crippen LogP contribution in [0.4, 0.5) is 5.82 Å². The molecule has 2 aromatic carbocycles. The van der Waals surface area contributed by atoms with Gasteiger partial charge in [-0.15, -0.1) is 0 Å². The molecule has 3 aromatic rings. The van der Waals surface area contributed by atoms with E-state index in [1.807, 2.05) is 24.0 Å². The average molecular weight is 579 g/mol. The van der Waals surface area contributed by atoms with Crippen molar-refractivity contribution in [2.75, 3.05) is 58.3 Å². The predicted octanol–water partition coefficient (Wildman–Crippen LogP) is 3.14. The summed E-state index contributed by atoms with van der Waals surface area (Å²) in [4.78, 5) is 48.5. The number of carbonyl (C=O) groups excluding carboxylic acids is 2. The largest absolute Gasteiger partial charge is 0.507 e. The zero-order chi connectivity index (χ0) is 30.8. The van der Waals surface area contributed by atoms with E-state index in [1.54, 1.807) is 19.2 Å². The Hall–Kier alpha value is -4.25. The lowest BCUT2D eigenvalue weighted by Gasteiger charge is -2.36. The molecule has 226 valence electrons. The Balaban J connectivity index is 0.000000375. The van der Waals surface area contributed by atoms with E-state index in [1.165, 1.54) is 7.05 Å². The predicted molar refractivity (Wildman–Crippen MR) is 163 cm³/mol. The zero-order valence-electron chi connectivity index (χ0n) is 25.1. The maximum atomic E-state index is 12.5. The number of aromatic hydroxyl groups is 1. The minimum Gasteiger partial charge on any atom is -0.507 e. The van der Waals surface area contributed by atoms with Gasteiger partial charge < -0.3 is 30.2 Å². The smallest absolute Gasteiger partial charge is 0.323 e. The fourth-order valence-corrected chi connectivity index (χ4v) is 4.56. The average Bonchev–Trinajstić information content (AvgIpc) is 2.95. The number of nitrogens with one attached hydrogen (secondary N) is 1. The number of carboxylic acids is 1. The first-order chi connectivity index (χ1) is 20.0. The first kappa shape index (κ1) is 32.3. The third-order valence-corrected chi connectivity index (χ3v) is 6.97. The quantitative estimate of drug-likeness (QED) is 0.349. The summed E-state index contributed by atoms with van der Waals surface area (Å²) in [5, 5.41) is 22.3. The van der Waals surface area contributed by atoms with E-state index in [4.69, 9.17) is 15.1 Å². The molecule has 0 radical (unpaired) electrons. The van der Waals surface area contributed by atoms with E-state index < -0.39 is 5.97 Å². The summed E-state index contributed by atoms with van der Waals surface area (Å²) in [6, 6.07) is 13.3. The molecular weight excluding hydrogens is 536 g/mol. The fourth-order valence-electron chi connectivity index (χ4n) is 4.56. The summed E-state index contributed by atoms with van der Waals surface area (Å²) in [6.45, 7) is 9.11. The number of para-hydroxylation sites is 1. The maximum absolute atomic E-state index is 12.5. The minimum absolute atomic E-state index is 0.168. The van der Waals surface area contributed by atoms with Gasteiger partial charge in [-0.1, -0.05) is 32.0 Å². The molecule has 11 heteroatoms. The molecule has 4 rings (SSSR count). The number of hydrogen-bond acceptors (Lipinski definition) is 8.